The molecule has 30 heavy (non-hydrogen) atoms. The SMILES string of the molecule is Cc1ccc(C2=C(N3CCN(c4ccccc4)CC3)C(=O)N(C(C)C)C2=O)cc1C. The Bertz CT molecular complexity index is 1000. The smallest absolute Gasteiger partial charge is 0.278 e. The summed E-state index contributed by atoms with van der Waals surface area (Å²) < 4.78 is 0. The molecular formula is C25H29N3O2. The summed E-state index contributed by atoms with van der Waals surface area (Å²) in [5, 5.41) is 0. The van der Waals surface area contributed by atoms with E-state index in [0.29, 0.717) is 24.4 Å². The number of rotatable bonds is 4. The van der Waals surface area contributed by atoms with Crippen molar-refractivity contribution in [2.75, 3.05) is 31.1 Å². The number of para-hydroxylation sites is 1. The minimum Gasteiger partial charge on any atom is -0.368 e. The first kappa shape index (κ1) is 20.2. The predicted molar refractivity (Wildman–Crippen MR) is 120 cm³/mol. The Balaban J connectivity index is 1.68. The molecule has 0 bridgehead atoms. The van der Waals surface area contributed by atoms with E-state index in [9.17, 15) is 9.59 Å². The van der Waals surface area contributed by atoms with Gasteiger partial charge in [0.15, 0.2) is 0 Å². The lowest BCUT2D eigenvalue weighted by atomic mass is 9.99. The molecule has 2 aromatic carbocycles. The minimum absolute atomic E-state index is 0.170. The average Bonchev–Trinajstić information content (AvgIpc) is 3.01. The van der Waals surface area contributed by atoms with Crippen LogP contribution in [0.4, 0.5) is 5.69 Å². The van der Waals surface area contributed by atoms with Gasteiger partial charge in [-0.25, -0.2) is 0 Å². The number of amides is 2. The Morgan fingerprint density at radius 1 is 0.767 bits per heavy atom. The van der Waals surface area contributed by atoms with Crippen molar-refractivity contribution in [2.24, 2.45) is 0 Å². The number of piperazine rings is 1. The van der Waals surface area contributed by atoms with Crippen molar-refractivity contribution in [3.05, 3.63) is 70.9 Å². The van der Waals surface area contributed by atoms with Crippen LogP contribution in [0.25, 0.3) is 5.57 Å². The summed E-state index contributed by atoms with van der Waals surface area (Å²) in [6.45, 7) is 10.9. The highest BCUT2D eigenvalue weighted by Gasteiger charge is 2.43. The molecule has 0 N–H and O–H groups in total. The van der Waals surface area contributed by atoms with Crippen molar-refractivity contribution in [1.29, 1.82) is 0 Å². The van der Waals surface area contributed by atoms with Crippen molar-refractivity contribution < 1.29 is 9.59 Å². The Morgan fingerprint density at radius 2 is 1.40 bits per heavy atom. The Hall–Kier alpha value is -3.08. The van der Waals surface area contributed by atoms with E-state index in [1.54, 1.807) is 0 Å². The molecule has 0 unspecified atom stereocenters. The highest BCUT2D eigenvalue weighted by Crippen LogP contribution is 2.34. The number of benzene rings is 2. The van der Waals surface area contributed by atoms with Crippen molar-refractivity contribution in [3.63, 3.8) is 0 Å². The fraction of sp³-hybridized carbons (Fsp3) is 0.360. The Kier molecular flexibility index (Phi) is 5.37. The molecule has 1 fully saturated rings. The molecule has 0 saturated carbocycles. The summed E-state index contributed by atoms with van der Waals surface area (Å²) in [6.07, 6.45) is 0. The summed E-state index contributed by atoms with van der Waals surface area (Å²) >= 11 is 0. The van der Waals surface area contributed by atoms with Gasteiger partial charge in [0, 0.05) is 37.9 Å². The van der Waals surface area contributed by atoms with E-state index in [1.807, 2.05) is 57.2 Å². The fourth-order valence-corrected chi connectivity index (χ4v) is 4.28. The number of imide groups is 1. The molecule has 1 saturated heterocycles. The van der Waals surface area contributed by atoms with Crippen LogP contribution in [0, 0.1) is 13.8 Å². The molecule has 2 aromatic rings. The lowest BCUT2D eigenvalue weighted by Crippen LogP contribution is -2.48. The maximum absolute atomic E-state index is 13.3. The molecular weight excluding hydrogens is 374 g/mol. The first-order chi connectivity index (χ1) is 14.4. The lowest BCUT2D eigenvalue weighted by Gasteiger charge is -2.37. The van der Waals surface area contributed by atoms with Crippen LogP contribution in [0.5, 0.6) is 0 Å². The van der Waals surface area contributed by atoms with Crippen LogP contribution in [0.2, 0.25) is 0 Å². The molecule has 5 heteroatoms. The molecule has 0 aromatic heterocycles. The number of carbonyl (C=O) groups is 2. The lowest BCUT2D eigenvalue weighted by molar-refractivity contribution is -0.139. The Morgan fingerprint density at radius 3 is 2.00 bits per heavy atom. The maximum atomic E-state index is 13.3. The van der Waals surface area contributed by atoms with Crippen LogP contribution in [-0.4, -0.2) is 53.8 Å². The molecule has 0 radical (unpaired) electrons. The van der Waals surface area contributed by atoms with Crippen molar-refractivity contribution in [2.45, 2.75) is 33.7 Å². The molecule has 156 valence electrons. The average molecular weight is 404 g/mol. The van der Waals surface area contributed by atoms with Crippen LogP contribution in [-0.2, 0) is 9.59 Å². The van der Waals surface area contributed by atoms with E-state index in [-0.39, 0.29) is 17.9 Å². The topological polar surface area (TPSA) is 43.9 Å². The minimum atomic E-state index is -0.182. The summed E-state index contributed by atoms with van der Waals surface area (Å²) in [7, 11) is 0. The zero-order valence-corrected chi connectivity index (χ0v) is 18.2. The molecule has 2 aliphatic rings. The number of hydrogen-bond donors (Lipinski definition) is 0. The molecule has 4 rings (SSSR count). The van der Waals surface area contributed by atoms with Crippen molar-refractivity contribution in [1.82, 2.24) is 9.80 Å². The monoisotopic (exact) mass is 403 g/mol. The zero-order valence-electron chi connectivity index (χ0n) is 18.2. The summed E-state index contributed by atoms with van der Waals surface area (Å²) in [5.74, 6) is -0.352. The first-order valence-electron chi connectivity index (χ1n) is 10.6. The van der Waals surface area contributed by atoms with Crippen LogP contribution >= 0.6 is 0 Å². The molecule has 2 aliphatic heterocycles. The second-order valence-corrected chi connectivity index (χ2v) is 8.41. The van der Waals surface area contributed by atoms with Gasteiger partial charge in [0.25, 0.3) is 11.8 Å². The van der Waals surface area contributed by atoms with Gasteiger partial charge in [-0.3, -0.25) is 14.5 Å². The zero-order chi connectivity index (χ0) is 21.4. The van der Waals surface area contributed by atoms with Gasteiger partial charge in [-0.1, -0.05) is 36.4 Å². The maximum Gasteiger partial charge on any atom is 0.278 e. The highest BCUT2D eigenvalue weighted by molar-refractivity contribution is 6.35. The van der Waals surface area contributed by atoms with Crippen LogP contribution in [0.15, 0.2) is 54.2 Å². The van der Waals surface area contributed by atoms with Gasteiger partial charge in [0.05, 0.1) is 5.57 Å². The van der Waals surface area contributed by atoms with Crippen LogP contribution < -0.4 is 4.90 Å². The van der Waals surface area contributed by atoms with E-state index in [0.717, 1.165) is 24.2 Å². The quantitative estimate of drug-likeness (QED) is 0.732. The van der Waals surface area contributed by atoms with Gasteiger partial charge >= 0.3 is 0 Å². The Labute approximate surface area is 178 Å². The standard InChI is InChI=1S/C25H29N3O2/c1-17(2)28-24(29)22(20-11-10-18(3)19(4)16-20)23(25(28)30)27-14-12-26(13-15-27)21-8-6-5-7-9-21/h5-11,16-17H,12-15H2,1-4H3. The van der Waals surface area contributed by atoms with Crippen LogP contribution in [0.1, 0.15) is 30.5 Å². The van der Waals surface area contributed by atoms with Gasteiger partial charge in [0.1, 0.15) is 5.70 Å². The van der Waals surface area contributed by atoms with Crippen molar-refractivity contribution in [3.8, 4) is 0 Å². The third-order valence-corrected chi connectivity index (χ3v) is 6.12. The normalized spacial score (nSPS) is 17.6. The predicted octanol–water partition coefficient (Wildman–Crippen LogP) is 3.61. The number of aryl methyl sites for hydroxylation is 2. The first-order valence-corrected chi connectivity index (χ1v) is 10.6. The third kappa shape index (κ3) is 3.49. The van der Waals surface area contributed by atoms with Crippen molar-refractivity contribution >= 4 is 23.1 Å². The molecule has 2 amide bonds. The summed E-state index contributed by atoms with van der Waals surface area (Å²) in [6, 6.07) is 16.2. The molecule has 0 atom stereocenters. The highest BCUT2D eigenvalue weighted by atomic mass is 16.2. The number of carbonyl (C=O) groups excluding carboxylic acids is 2. The van der Waals surface area contributed by atoms with Gasteiger partial charge < -0.3 is 9.80 Å². The second kappa shape index (κ2) is 7.98. The van der Waals surface area contributed by atoms with E-state index >= 15 is 0 Å². The third-order valence-electron chi connectivity index (χ3n) is 6.12. The van der Waals surface area contributed by atoms with Gasteiger partial charge in [-0.2, -0.15) is 0 Å². The summed E-state index contributed by atoms with van der Waals surface area (Å²) in [4.78, 5) is 32.5. The number of nitrogens with zero attached hydrogens (tertiary/aromatic N) is 3. The van der Waals surface area contributed by atoms with Gasteiger partial charge in [-0.05, 0) is 56.5 Å². The van der Waals surface area contributed by atoms with E-state index < -0.39 is 0 Å². The second-order valence-electron chi connectivity index (χ2n) is 8.41. The number of hydrogen-bond acceptors (Lipinski definition) is 4. The van der Waals surface area contributed by atoms with E-state index in [2.05, 4.69) is 28.9 Å². The molecule has 2 heterocycles. The van der Waals surface area contributed by atoms with Gasteiger partial charge in [-0.15, -0.1) is 0 Å². The largest absolute Gasteiger partial charge is 0.368 e. The number of anilines is 1. The van der Waals surface area contributed by atoms with Gasteiger partial charge in [0.2, 0.25) is 0 Å². The van der Waals surface area contributed by atoms with Crippen LogP contribution in [0.3, 0.4) is 0 Å². The molecule has 0 aliphatic carbocycles. The fourth-order valence-electron chi connectivity index (χ4n) is 4.28. The molecule has 0 spiro atoms. The summed E-state index contributed by atoms with van der Waals surface area (Å²) in [5.41, 5.74) is 5.43. The van der Waals surface area contributed by atoms with E-state index in [4.69, 9.17) is 0 Å². The van der Waals surface area contributed by atoms with E-state index in [1.165, 1.54) is 16.2 Å². The molecule has 5 nitrogen and oxygen atoms in total.